The molecule has 2 N–H and O–H groups in total. The normalized spacial score (nSPS) is 13.8. The van der Waals surface area contributed by atoms with E-state index >= 15 is 0 Å². The predicted octanol–water partition coefficient (Wildman–Crippen LogP) is 1.70. The Morgan fingerprint density at radius 3 is 2.61 bits per heavy atom. The van der Waals surface area contributed by atoms with Gasteiger partial charge < -0.3 is 5.73 Å². The van der Waals surface area contributed by atoms with Gasteiger partial charge in [0.05, 0.1) is 5.75 Å². The van der Waals surface area contributed by atoms with Gasteiger partial charge in [-0.05, 0) is 31.7 Å². The van der Waals surface area contributed by atoms with Gasteiger partial charge in [0.15, 0.2) is 9.84 Å². The van der Waals surface area contributed by atoms with Gasteiger partial charge >= 0.3 is 0 Å². The minimum Gasteiger partial charge on any atom is -0.399 e. The molecule has 0 amide bonds. The third-order valence-corrected chi connectivity index (χ3v) is 4.93. The second-order valence-electron chi connectivity index (χ2n) is 4.56. The quantitative estimate of drug-likeness (QED) is 0.799. The molecule has 0 aliphatic rings. The van der Waals surface area contributed by atoms with Crippen LogP contribution >= 0.6 is 0 Å². The molecule has 1 unspecified atom stereocenters. The zero-order valence-electron chi connectivity index (χ0n) is 11.3. The fraction of sp³-hybridized carbons (Fsp3) is 0.538. The molecule has 5 heteroatoms. The Labute approximate surface area is 110 Å². The van der Waals surface area contributed by atoms with Crippen LogP contribution in [0.4, 0.5) is 5.69 Å². The van der Waals surface area contributed by atoms with Crippen molar-refractivity contribution in [3.8, 4) is 0 Å². The number of hydrogen-bond donors (Lipinski definition) is 1. The van der Waals surface area contributed by atoms with Gasteiger partial charge in [-0.25, -0.2) is 8.42 Å². The molecule has 102 valence electrons. The lowest BCUT2D eigenvalue weighted by molar-refractivity contribution is 0.276. The van der Waals surface area contributed by atoms with Gasteiger partial charge in [-0.15, -0.1) is 0 Å². The summed E-state index contributed by atoms with van der Waals surface area (Å²) >= 11 is 0. The molecule has 0 saturated carbocycles. The minimum atomic E-state index is -2.90. The topological polar surface area (TPSA) is 63.4 Å². The van der Waals surface area contributed by atoms with E-state index in [-0.39, 0.29) is 17.5 Å². The van der Waals surface area contributed by atoms with Gasteiger partial charge in [0.25, 0.3) is 0 Å². The van der Waals surface area contributed by atoms with E-state index in [2.05, 4.69) is 0 Å². The SMILES string of the molecule is CCS(=O)(=O)CCN(C)C(C)c1cccc(N)c1. The summed E-state index contributed by atoms with van der Waals surface area (Å²) in [7, 11) is -0.975. The summed E-state index contributed by atoms with van der Waals surface area (Å²) in [6.45, 7) is 4.26. The van der Waals surface area contributed by atoms with Crippen molar-refractivity contribution in [3.63, 3.8) is 0 Å². The van der Waals surface area contributed by atoms with Gasteiger partial charge in [-0.3, -0.25) is 4.90 Å². The number of benzene rings is 1. The van der Waals surface area contributed by atoms with Crippen molar-refractivity contribution >= 4 is 15.5 Å². The van der Waals surface area contributed by atoms with Crippen molar-refractivity contribution in [2.75, 3.05) is 30.8 Å². The highest BCUT2D eigenvalue weighted by molar-refractivity contribution is 7.91. The van der Waals surface area contributed by atoms with E-state index in [0.717, 1.165) is 11.3 Å². The number of anilines is 1. The Morgan fingerprint density at radius 2 is 2.06 bits per heavy atom. The molecule has 4 nitrogen and oxygen atoms in total. The fourth-order valence-electron chi connectivity index (χ4n) is 1.69. The molecule has 1 aromatic rings. The summed E-state index contributed by atoms with van der Waals surface area (Å²) in [6, 6.07) is 7.84. The molecule has 0 heterocycles. The predicted molar refractivity (Wildman–Crippen MR) is 76.2 cm³/mol. The molecular formula is C13H22N2O2S. The molecule has 1 aromatic carbocycles. The van der Waals surface area contributed by atoms with E-state index in [1.165, 1.54) is 0 Å². The van der Waals surface area contributed by atoms with Crippen LogP contribution in [0.15, 0.2) is 24.3 Å². The van der Waals surface area contributed by atoms with Crippen LogP contribution in [-0.2, 0) is 9.84 Å². The van der Waals surface area contributed by atoms with Crippen molar-refractivity contribution in [1.29, 1.82) is 0 Å². The Kier molecular flexibility index (Phi) is 5.16. The van der Waals surface area contributed by atoms with Gasteiger partial charge in [-0.2, -0.15) is 0 Å². The standard InChI is InChI=1S/C13H22N2O2S/c1-4-18(16,17)9-8-15(3)11(2)12-6-5-7-13(14)10-12/h5-7,10-11H,4,8-9,14H2,1-3H3. The summed E-state index contributed by atoms with van der Waals surface area (Å²) in [5.41, 5.74) is 7.58. The first kappa shape index (κ1) is 15.0. The summed E-state index contributed by atoms with van der Waals surface area (Å²) in [6.07, 6.45) is 0. The largest absolute Gasteiger partial charge is 0.399 e. The van der Waals surface area contributed by atoms with Crippen molar-refractivity contribution in [2.45, 2.75) is 19.9 Å². The highest BCUT2D eigenvalue weighted by atomic mass is 32.2. The van der Waals surface area contributed by atoms with E-state index in [4.69, 9.17) is 5.73 Å². The summed E-state index contributed by atoms with van der Waals surface area (Å²) in [5, 5.41) is 0. The molecule has 1 atom stereocenters. The molecule has 0 spiro atoms. The first-order valence-electron chi connectivity index (χ1n) is 6.12. The molecule has 0 aromatic heterocycles. The van der Waals surface area contributed by atoms with Crippen LogP contribution in [0.5, 0.6) is 0 Å². The lowest BCUT2D eigenvalue weighted by atomic mass is 10.1. The monoisotopic (exact) mass is 270 g/mol. The second kappa shape index (κ2) is 6.20. The maximum absolute atomic E-state index is 11.5. The summed E-state index contributed by atoms with van der Waals surface area (Å²) in [4.78, 5) is 2.03. The third kappa shape index (κ3) is 4.31. The van der Waals surface area contributed by atoms with Gasteiger partial charge in [0.1, 0.15) is 0 Å². The molecule has 1 rings (SSSR count). The number of nitrogens with two attached hydrogens (primary N) is 1. The van der Waals surface area contributed by atoms with Crippen LogP contribution in [-0.4, -0.2) is 38.4 Å². The fourth-order valence-corrected chi connectivity index (χ4v) is 2.55. The van der Waals surface area contributed by atoms with E-state index in [0.29, 0.717) is 6.54 Å². The zero-order valence-corrected chi connectivity index (χ0v) is 12.1. The van der Waals surface area contributed by atoms with Crippen molar-refractivity contribution in [3.05, 3.63) is 29.8 Å². The number of nitrogen functional groups attached to an aromatic ring is 1. The molecule has 0 bridgehead atoms. The summed E-state index contributed by atoms with van der Waals surface area (Å²) in [5.74, 6) is 0.403. The van der Waals surface area contributed by atoms with Gasteiger partial charge in [-0.1, -0.05) is 19.1 Å². The zero-order chi connectivity index (χ0) is 13.8. The third-order valence-electron chi connectivity index (χ3n) is 3.25. The van der Waals surface area contributed by atoms with Crippen LogP contribution in [0.25, 0.3) is 0 Å². The molecule has 18 heavy (non-hydrogen) atoms. The van der Waals surface area contributed by atoms with Crippen LogP contribution < -0.4 is 5.73 Å². The second-order valence-corrected chi connectivity index (χ2v) is 7.04. The van der Waals surface area contributed by atoms with Gasteiger partial charge in [0.2, 0.25) is 0 Å². The highest BCUT2D eigenvalue weighted by Gasteiger charge is 2.15. The maximum Gasteiger partial charge on any atom is 0.151 e. The van der Waals surface area contributed by atoms with Gasteiger partial charge in [0, 0.05) is 24.0 Å². The molecular weight excluding hydrogens is 248 g/mol. The number of sulfone groups is 1. The van der Waals surface area contributed by atoms with Crippen molar-refractivity contribution < 1.29 is 8.42 Å². The molecule has 0 fully saturated rings. The average molecular weight is 270 g/mol. The lowest BCUT2D eigenvalue weighted by Crippen LogP contribution is -2.29. The maximum atomic E-state index is 11.5. The van der Waals surface area contributed by atoms with Crippen molar-refractivity contribution in [2.24, 2.45) is 0 Å². The number of rotatable bonds is 6. The average Bonchev–Trinajstić information content (AvgIpc) is 2.35. The van der Waals surface area contributed by atoms with E-state index in [1.807, 2.05) is 43.1 Å². The van der Waals surface area contributed by atoms with Crippen molar-refractivity contribution in [1.82, 2.24) is 4.90 Å². The van der Waals surface area contributed by atoms with Crippen LogP contribution in [0.3, 0.4) is 0 Å². The molecule has 0 aliphatic carbocycles. The molecule has 0 radical (unpaired) electrons. The lowest BCUT2D eigenvalue weighted by Gasteiger charge is -2.25. The first-order chi connectivity index (χ1) is 8.35. The van der Waals surface area contributed by atoms with Crippen LogP contribution in [0, 0.1) is 0 Å². The van der Waals surface area contributed by atoms with Crippen LogP contribution in [0.2, 0.25) is 0 Å². The van der Waals surface area contributed by atoms with E-state index < -0.39 is 9.84 Å². The Bertz CT molecular complexity index is 486. The Morgan fingerprint density at radius 1 is 1.39 bits per heavy atom. The first-order valence-corrected chi connectivity index (χ1v) is 7.94. The molecule has 0 aliphatic heterocycles. The smallest absolute Gasteiger partial charge is 0.151 e. The highest BCUT2D eigenvalue weighted by Crippen LogP contribution is 2.20. The Balaban J connectivity index is 2.65. The van der Waals surface area contributed by atoms with Crippen LogP contribution in [0.1, 0.15) is 25.5 Å². The Hall–Kier alpha value is -1.07. The minimum absolute atomic E-state index is 0.153. The number of hydrogen-bond acceptors (Lipinski definition) is 4. The molecule has 0 saturated heterocycles. The van der Waals surface area contributed by atoms with E-state index in [1.54, 1.807) is 6.92 Å². The number of nitrogens with zero attached hydrogens (tertiary/aromatic N) is 1. The summed E-state index contributed by atoms with van der Waals surface area (Å²) < 4.78 is 22.9. The van der Waals surface area contributed by atoms with E-state index in [9.17, 15) is 8.42 Å².